The van der Waals surface area contributed by atoms with E-state index in [9.17, 15) is 9.90 Å². The molecule has 1 saturated carbocycles. The van der Waals surface area contributed by atoms with E-state index in [4.69, 9.17) is 28.9 Å². The van der Waals surface area contributed by atoms with Gasteiger partial charge in [0.2, 0.25) is 5.91 Å². The van der Waals surface area contributed by atoms with Crippen LogP contribution in [0.2, 0.25) is 10.0 Å². The molecule has 0 spiro atoms. The van der Waals surface area contributed by atoms with E-state index in [1.807, 2.05) is 0 Å². The second-order valence-corrected chi connectivity index (χ2v) is 6.59. The third-order valence-electron chi connectivity index (χ3n) is 4.18. The molecule has 0 radical (unpaired) electrons. The number of hydrogen-bond donors (Lipinski definition) is 3. The third kappa shape index (κ3) is 4.66. The number of rotatable bonds is 4. The first-order valence-corrected chi connectivity index (χ1v) is 7.89. The van der Waals surface area contributed by atoms with Crippen LogP contribution < -0.4 is 11.1 Å². The number of carbonyl (C=O) groups is 1. The maximum absolute atomic E-state index is 12.2. The minimum Gasteiger partial charge on any atom is -0.505 e. The number of aromatic hydroxyl groups is 1. The van der Waals surface area contributed by atoms with Crippen LogP contribution in [0.4, 0.5) is 5.69 Å². The zero-order valence-electron chi connectivity index (χ0n) is 12.2. The predicted molar refractivity (Wildman–Crippen MR) is 93.2 cm³/mol. The third-order valence-corrected chi connectivity index (χ3v) is 4.76. The fourth-order valence-corrected chi connectivity index (χ4v) is 3.43. The highest BCUT2D eigenvalue weighted by Gasteiger charge is 2.33. The molecule has 1 aliphatic carbocycles. The molecule has 0 unspecified atom stereocenters. The van der Waals surface area contributed by atoms with Crippen molar-refractivity contribution in [3.8, 4) is 5.75 Å². The van der Waals surface area contributed by atoms with E-state index in [1.165, 1.54) is 18.6 Å². The molecule has 1 aliphatic rings. The Hall–Kier alpha value is -0.680. The number of halogens is 3. The molecule has 124 valence electrons. The van der Waals surface area contributed by atoms with Crippen molar-refractivity contribution in [3.63, 3.8) is 0 Å². The smallest absolute Gasteiger partial charge is 0.224 e. The summed E-state index contributed by atoms with van der Waals surface area (Å²) in [5.74, 6) is -0.276. The Balaban J connectivity index is 0.00000242. The maximum atomic E-state index is 12.2. The van der Waals surface area contributed by atoms with Gasteiger partial charge in [-0.1, -0.05) is 42.5 Å². The van der Waals surface area contributed by atoms with Gasteiger partial charge in [0.15, 0.2) is 5.75 Å². The van der Waals surface area contributed by atoms with Crippen molar-refractivity contribution in [1.82, 2.24) is 0 Å². The normalized spacial score (nSPS) is 16.7. The summed E-state index contributed by atoms with van der Waals surface area (Å²) in [7, 11) is 0. The van der Waals surface area contributed by atoms with Gasteiger partial charge in [0.1, 0.15) is 0 Å². The molecule has 1 aromatic carbocycles. The second-order valence-electron chi connectivity index (χ2n) is 5.78. The highest BCUT2D eigenvalue weighted by atomic mass is 35.5. The van der Waals surface area contributed by atoms with Crippen LogP contribution in [0.15, 0.2) is 12.1 Å². The molecule has 4 N–H and O–H groups in total. The minimum atomic E-state index is -0.179. The lowest BCUT2D eigenvalue weighted by molar-refractivity contribution is -0.118. The lowest BCUT2D eigenvalue weighted by Gasteiger charge is -2.35. The summed E-state index contributed by atoms with van der Waals surface area (Å²) < 4.78 is 0. The van der Waals surface area contributed by atoms with Crippen LogP contribution in [0, 0.1) is 5.41 Å². The summed E-state index contributed by atoms with van der Waals surface area (Å²) in [4.78, 5) is 12.2. The minimum absolute atomic E-state index is 0. The molecule has 1 amide bonds. The highest BCUT2D eigenvalue weighted by molar-refractivity contribution is 6.37. The fourth-order valence-electron chi connectivity index (χ4n) is 2.94. The molecule has 0 heterocycles. The monoisotopic (exact) mass is 366 g/mol. The first-order valence-electron chi connectivity index (χ1n) is 7.14. The van der Waals surface area contributed by atoms with Gasteiger partial charge in [0.25, 0.3) is 0 Å². The van der Waals surface area contributed by atoms with Crippen molar-refractivity contribution < 1.29 is 9.90 Å². The molecule has 0 bridgehead atoms. The zero-order chi connectivity index (χ0) is 15.5. The molecular formula is C15H21Cl3N2O2. The molecule has 1 aromatic rings. The Morgan fingerprint density at radius 3 is 2.27 bits per heavy atom. The molecule has 22 heavy (non-hydrogen) atoms. The summed E-state index contributed by atoms with van der Waals surface area (Å²) in [6.07, 6.45) is 5.86. The average molecular weight is 368 g/mol. The van der Waals surface area contributed by atoms with Crippen LogP contribution in [-0.4, -0.2) is 17.6 Å². The SMILES string of the molecule is Cl.NCC1(CC(=O)Nc2cc(Cl)c(O)c(Cl)c2)CCCCC1. The molecule has 2 rings (SSSR count). The molecule has 0 aliphatic heterocycles. The number of nitrogens with one attached hydrogen (secondary N) is 1. The van der Waals surface area contributed by atoms with Gasteiger partial charge in [0.05, 0.1) is 10.0 Å². The number of hydrogen-bond acceptors (Lipinski definition) is 3. The van der Waals surface area contributed by atoms with Crippen LogP contribution in [0.25, 0.3) is 0 Å². The first-order chi connectivity index (χ1) is 9.96. The van der Waals surface area contributed by atoms with Crippen LogP contribution in [0.5, 0.6) is 5.75 Å². The second kappa shape index (κ2) is 8.25. The summed E-state index contributed by atoms with van der Waals surface area (Å²) in [5.41, 5.74) is 6.28. The van der Waals surface area contributed by atoms with Crippen molar-refractivity contribution in [2.75, 3.05) is 11.9 Å². The lowest BCUT2D eigenvalue weighted by Crippen LogP contribution is -2.36. The van der Waals surface area contributed by atoms with E-state index in [0.717, 1.165) is 25.7 Å². The summed E-state index contributed by atoms with van der Waals surface area (Å²) in [5, 5.41) is 12.5. The van der Waals surface area contributed by atoms with Gasteiger partial charge in [-0.2, -0.15) is 0 Å². The Kier molecular flexibility index (Phi) is 7.26. The van der Waals surface area contributed by atoms with Crippen LogP contribution in [0.1, 0.15) is 38.5 Å². The van der Waals surface area contributed by atoms with Gasteiger partial charge >= 0.3 is 0 Å². The van der Waals surface area contributed by atoms with Gasteiger partial charge in [-0.05, 0) is 36.9 Å². The lowest BCUT2D eigenvalue weighted by atomic mass is 9.71. The van der Waals surface area contributed by atoms with Gasteiger partial charge < -0.3 is 16.2 Å². The topological polar surface area (TPSA) is 75.4 Å². The van der Waals surface area contributed by atoms with Crippen molar-refractivity contribution in [1.29, 1.82) is 0 Å². The van der Waals surface area contributed by atoms with E-state index in [-0.39, 0.29) is 39.5 Å². The summed E-state index contributed by atoms with van der Waals surface area (Å²) in [6.45, 7) is 0.525. The van der Waals surface area contributed by atoms with Gasteiger partial charge in [-0.25, -0.2) is 0 Å². The molecule has 1 fully saturated rings. The van der Waals surface area contributed by atoms with E-state index in [1.54, 1.807) is 0 Å². The van der Waals surface area contributed by atoms with E-state index in [0.29, 0.717) is 18.7 Å². The van der Waals surface area contributed by atoms with Gasteiger partial charge in [0, 0.05) is 12.1 Å². The molecule has 0 aromatic heterocycles. The molecule has 7 heteroatoms. The Morgan fingerprint density at radius 2 is 1.77 bits per heavy atom. The predicted octanol–water partition coefficient (Wildman–Crippen LogP) is 4.36. The highest BCUT2D eigenvalue weighted by Crippen LogP contribution is 2.39. The van der Waals surface area contributed by atoms with Crippen molar-refractivity contribution in [2.24, 2.45) is 11.1 Å². The summed E-state index contributed by atoms with van der Waals surface area (Å²) >= 11 is 11.7. The van der Waals surface area contributed by atoms with E-state index >= 15 is 0 Å². The number of phenols is 1. The Labute approximate surface area is 146 Å². The quantitative estimate of drug-likeness (QED) is 0.692. The van der Waals surface area contributed by atoms with Crippen LogP contribution in [0.3, 0.4) is 0 Å². The van der Waals surface area contributed by atoms with Crippen molar-refractivity contribution >= 4 is 47.2 Å². The number of carbonyl (C=O) groups excluding carboxylic acids is 1. The van der Waals surface area contributed by atoms with Crippen LogP contribution >= 0.6 is 35.6 Å². The van der Waals surface area contributed by atoms with E-state index in [2.05, 4.69) is 5.32 Å². The van der Waals surface area contributed by atoms with Gasteiger partial charge in [-0.3, -0.25) is 4.79 Å². The maximum Gasteiger partial charge on any atom is 0.224 e. The van der Waals surface area contributed by atoms with Crippen LogP contribution in [-0.2, 0) is 4.79 Å². The first kappa shape index (κ1) is 19.4. The largest absolute Gasteiger partial charge is 0.505 e. The number of phenolic OH excluding ortho intramolecular Hbond substituents is 1. The zero-order valence-corrected chi connectivity index (χ0v) is 14.5. The molecule has 4 nitrogen and oxygen atoms in total. The van der Waals surface area contributed by atoms with E-state index < -0.39 is 0 Å². The molecule has 0 saturated heterocycles. The number of nitrogens with two attached hydrogens (primary N) is 1. The fraction of sp³-hybridized carbons (Fsp3) is 0.533. The number of amides is 1. The molecule has 0 atom stereocenters. The average Bonchev–Trinajstić information content (AvgIpc) is 2.45. The van der Waals surface area contributed by atoms with Crippen molar-refractivity contribution in [3.05, 3.63) is 22.2 Å². The van der Waals surface area contributed by atoms with Crippen molar-refractivity contribution in [2.45, 2.75) is 38.5 Å². The number of anilines is 1. The number of benzene rings is 1. The Morgan fingerprint density at radius 1 is 1.23 bits per heavy atom. The Bertz CT molecular complexity index is 509. The van der Waals surface area contributed by atoms with Gasteiger partial charge in [-0.15, -0.1) is 12.4 Å². The summed E-state index contributed by atoms with van der Waals surface area (Å²) in [6, 6.07) is 2.97. The standard InChI is InChI=1S/C15H20Cl2N2O2.ClH/c16-11-6-10(7-12(17)14(11)21)19-13(20)8-15(9-18)4-2-1-3-5-15;/h6-7,21H,1-5,8-9,18H2,(H,19,20);1H. The molecular weight excluding hydrogens is 347 g/mol.